The smallest absolute Gasteiger partial charge is 0.229 e. The van der Waals surface area contributed by atoms with E-state index in [2.05, 4.69) is 26.2 Å². The van der Waals surface area contributed by atoms with Gasteiger partial charge in [0.2, 0.25) is 5.91 Å². The Labute approximate surface area is 129 Å². The third kappa shape index (κ3) is 2.86. The van der Waals surface area contributed by atoms with Gasteiger partial charge in [-0.2, -0.15) is 0 Å². The number of halogens is 1. The van der Waals surface area contributed by atoms with Gasteiger partial charge in [-0.3, -0.25) is 4.79 Å². The lowest BCUT2D eigenvalue weighted by atomic mass is 10.2. The Bertz CT molecular complexity index is 652. The molecule has 6 heteroatoms. The van der Waals surface area contributed by atoms with Crippen LogP contribution in [0.2, 0.25) is 0 Å². The number of hydrogen-bond donors (Lipinski definition) is 1. The molecule has 2 aromatic rings. The summed E-state index contributed by atoms with van der Waals surface area (Å²) in [6.45, 7) is 0. The van der Waals surface area contributed by atoms with E-state index in [1.807, 2.05) is 23.6 Å². The molecule has 0 atom stereocenters. The van der Waals surface area contributed by atoms with Crippen LogP contribution in [0.4, 0.5) is 5.13 Å². The average molecular weight is 353 g/mol. The molecular formula is C14H13BrN2O2S. The number of methoxy groups -OCH3 is 1. The first-order valence-corrected chi connectivity index (χ1v) is 7.95. The molecule has 1 heterocycles. The van der Waals surface area contributed by atoms with Crippen LogP contribution in [-0.2, 0) is 4.79 Å². The van der Waals surface area contributed by atoms with Crippen molar-refractivity contribution in [3.05, 3.63) is 28.1 Å². The number of hydrogen-bond acceptors (Lipinski definition) is 4. The van der Waals surface area contributed by atoms with E-state index < -0.39 is 0 Å². The van der Waals surface area contributed by atoms with Crippen LogP contribution in [-0.4, -0.2) is 18.0 Å². The number of carbonyl (C=O) groups excluding carboxylic acids is 1. The molecule has 1 aliphatic rings. The first-order chi connectivity index (χ1) is 9.67. The molecule has 104 valence electrons. The maximum atomic E-state index is 11.7. The quantitative estimate of drug-likeness (QED) is 0.906. The van der Waals surface area contributed by atoms with Gasteiger partial charge in [0.05, 0.1) is 17.3 Å². The number of nitrogens with zero attached hydrogens (tertiary/aromatic N) is 1. The highest BCUT2D eigenvalue weighted by Crippen LogP contribution is 2.33. The van der Waals surface area contributed by atoms with Crippen molar-refractivity contribution in [2.75, 3.05) is 12.4 Å². The van der Waals surface area contributed by atoms with Gasteiger partial charge in [-0.25, -0.2) is 4.98 Å². The molecule has 0 unspecified atom stereocenters. The summed E-state index contributed by atoms with van der Waals surface area (Å²) in [7, 11) is 1.63. The predicted octanol–water partition coefficient (Wildman–Crippen LogP) is 3.93. The Morgan fingerprint density at radius 2 is 2.30 bits per heavy atom. The zero-order valence-corrected chi connectivity index (χ0v) is 13.3. The van der Waals surface area contributed by atoms with Crippen molar-refractivity contribution in [2.45, 2.75) is 12.8 Å². The van der Waals surface area contributed by atoms with Gasteiger partial charge in [-0.05, 0) is 47.0 Å². The number of amides is 1. The van der Waals surface area contributed by atoms with Gasteiger partial charge in [0.15, 0.2) is 5.13 Å². The molecule has 3 rings (SSSR count). The standard InChI is InChI=1S/C14H13BrN2O2S/c1-19-12-5-4-9(6-10(12)15)11-7-20-14(16-11)17-13(18)8-2-3-8/h4-8H,2-3H2,1H3,(H,16,17,18). The third-order valence-corrected chi connectivity index (χ3v) is 4.51. The number of ether oxygens (including phenoxy) is 1. The summed E-state index contributed by atoms with van der Waals surface area (Å²) in [5.41, 5.74) is 1.84. The number of aromatic nitrogens is 1. The fraction of sp³-hybridized carbons (Fsp3) is 0.286. The Morgan fingerprint density at radius 1 is 1.50 bits per heavy atom. The highest BCUT2D eigenvalue weighted by atomic mass is 79.9. The van der Waals surface area contributed by atoms with Crippen molar-refractivity contribution in [1.82, 2.24) is 4.98 Å². The minimum Gasteiger partial charge on any atom is -0.496 e. The minimum absolute atomic E-state index is 0.0850. The first kappa shape index (κ1) is 13.6. The van der Waals surface area contributed by atoms with Crippen molar-refractivity contribution >= 4 is 38.3 Å². The fourth-order valence-electron chi connectivity index (χ4n) is 1.84. The van der Waals surface area contributed by atoms with Crippen LogP contribution in [0.3, 0.4) is 0 Å². The minimum atomic E-state index is 0.0850. The van der Waals surface area contributed by atoms with E-state index in [-0.39, 0.29) is 11.8 Å². The van der Waals surface area contributed by atoms with Crippen molar-refractivity contribution in [3.63, 3.8) is 0 Å². The summed E-state index contributed by atoms with van der Waals surface area (Å²) in [5.74, 6) is 1.06. The molecule has 1 saturated carbocycles. The Kier molecular flexibility index (Phi) is 3.76. The molecule has 0 saturated heterocycles. The van der Waals surface area contributed by atoms with Crippen LogP contribution < -0.4 is 10.1 Å². The van der Waals surface area contributed by atoms with Crippen LogP contribution in [0, 0.1) is 5.92 Å². The van der Waals surface area contributed by atoms with Gasteiger partial charge in [0.25, 0.3) is 0 Å². The molecule has 1 aromatic carbocycles. The van der Waals surface area contributed by atoms with E-state index >= 15 is 0 Å². The lowest BCUT2D eigenvalue weighted by Gasteiger charge is -2.04. The summed E-state index contributed by atoms with van der Waals surface area (Å²) < 4.78 is 6.09. The van der Waals surface area contributed by atoms with Crippen LogP contribution in [0.15, 0.2) is 28.1 Å². The van der Waals surface area contributed by atoms with Crippen LogP contribution in [0.5, 0.6) is 5.75 Å². The zero-order valence-electron chi connectivity index (χ0n) is 10.9. The van der Waals surface area contributed by atoms with E-state index in [4.69, 9.17) is 4.74 Å². The molecule has 1 amide bonds. The molecular weight excluding hydrogens is 340 g/mol. The average Bonchev–Trinajstić information content (AvgIpc) is 3.19. The number of anilines is 1. The van der Waals surface area contributed by atoms with E-state index in [1.54, 1.807) is 7.11 Å². The fourth-order valence-corrected chi connectivity index (χ4v) is 3.11. The lowest BCUT2D eigenvalue weighted by molar-refractivity contribution is -0.117. The second-order valence-corrected chi connectivity index (χ2v) is 6.36. The third-order valence-electron chi connectivity index (χ3n) is 3.13. The van der Waals surface area contributed by atoms with Crippen LogP contribution >= 0.6 is 27.3 Å². The second kappa shape index (κ2) is 5.54. The molecule has 1 aromatic heterocycles. The Hall–Kier alpha value is -1.40. The SMILES string of the molecule is COc1ccc(-c2csc(NC(=O)C3CC3)n2)cc1Br. The highest BCUT2D eigenvalue weighted by Gasteiger charge is 2.30. The normalized spacial score (nSPS) is 14.1. The van der Waals surface area contributed by atoms with Crippen LogP contribution in [0.25, 0.3) is 11.3 Å². The Balaban J connectivity index is 1.78. The maximum Gasteiger partial charge on any atom is 0.229 e. The summed E-state index contributed by atoms with van der Waals surface area (Å²) in [5, 5.41) is 5.46. The number of rotatable bonds is 4. The zero-order chi connectivity index (χ0) is 14.1. The van der Waals surface area contributed by atoms with Gasteiger partial charge in [-0.15, -0.1) is 11.3 Å². The van der Waals surface area contributed by atoms with Gasteiger partial charge >= 0.3 is 0 Å². The molecule has 1 N–H and O–H groups in total. The maximum absolute atomic E-state index is 11.7. The van der Waals surface area contributed by atoms with E-state index in [9.17, 15) is 4.79 Å². The molecule has 0 aliphatic heterocycles. The van der Waals surface area contributed by atoms with Crippen molar-refractivity contribution in [1.29, 1.82) is 0 Å². The first-order valence-electron chi connectivity index (χ1n) is 6.27. The number of nitrogens with one attached hydrogen (secondary N) is 1. The highest BCUT2D eigenvalue weighted by molar-refractivity contribution is 9.10. The molecule has 1 aliphatic carbocycles. The topological polar surface area (TPSA) is 51.2 Å². The van der Waals surface area contributed by atoms with Gasteiger partial charge < -0.3 is 10.1 Å². The molecule has 0 bridgehead atoms. The molecule has 4 nitrogen and oxygen atoms in total. The summed E-state index contributed by atoms with van der Waals surface area (Å²) in [6, 6.07) is 5.80. The molecule has 0 spiro atoms. The lowest BCUT2D eigenvalue weighted by Crippen LogP contribution is -2.12. The predicted molar refractivity (Wildman–Crippen MR) is 83.2 cm³/mol. The van der Waals surface area contributed by atoms with Crippen molar-refractivity contribution < 1.29 is 9.53 Å². The van der Waals surface area contributed by atoms with Gasteiger partial charge in [0.1, 0.15) is 5.75 Å². The van der Waals surface area contributed by atoms with E-state index in [0.717, 1.165) is 34.3 Å². The van der Waals surface area contributed by atoms with Gasteiger partial charge in [-0.1, -0.05) is 0 Å². The molecule has 1 fully saturated rings. The molecule has 0 radical (unpaired) electrons. The van der Waals surface area contributed by atoms with Crippen molar-refractivity contribution in [3.8, 4) is 17.0 Å². The number of carbonyl (C=O) groups is 1. The van der Waals surface area contributed by atoms with Crippen LogP contribution in [0.1, 0.15) is 12.8 Å². The van der Waals surface area contributed by atoms with Crippen molar-refractivity contribution in [2.24, 2.45) is 5.92 Å². The van der Waals surface area contributed by atoms with Gasteiger partial charge in [0, 0.05) is 16.9 Å². The number of benzene rings is 1. The summed E-state index contributed by atoms with van der Waals surface area (Å²) >= 11 is 4.90. The van der Waals surface area contributed by atoms with E-state index in [1.165, 1.54) is 11.3 Å². The largest absolute Gasteiger partial charge is 0.496 e. The Morgan fingerprint density at radius 3 is 2.95 bits per heavy atom. The molecule has 20 heavy (non-hydrogen) atoms. The summed E-state index contributed by atoms with van der Waals surface area (Å²) in [6.07, 6.45) is 1.99. The summed E-state index contributed by atoms with van der Waals surface area (Å²) in [4.78, 5) is 16.1. The number of thiazole rings is 1. The second-order valence-electron chi connectivity index (χ2n) is 4.65. The monoisotopic (exact) mass is 352 g/mol. The van der Waals surface area contributed by atoms with E-state index in [0.29, 0.717) is 5.13 Å².